The highest BCUT2D eigenvalue weighted by Gasteiger charge is 2.15. The Morgan fingerprint density at radius 1 is 1.29 bits per heavy atom. The smallest absolute Gasteiger partial charge is 0.259 e. The fraction of sp³-hybridized carbons (Fsp3) is 0.250. The van der Waals surface area contributed by atoms with E-state index >= 15 is 0 Å². The molecule has 0 aliphatic rings. The molecular formula is C16H20N4O. The molecule has 110 valence electrons. The molecule has 5 nitrogen and oxygen atoms in total. The van der Waals surface area contributed by atoms with Crippen LogP contribution >= 0.6 is 0 Å². The number of benzene rings is 1. The topological polar surface area (TPSA) is 80.0 Å². The van der Waals surface area contributed by atoms with Crippen molar-refractivity contribution in [1.82, 2.24) is 4.98 Å². The fourth-order valence-electron chi connectivity index (χ4n) is 2.22. The van der Waals surface area contributed by atoms with E-state index in [4.69, 9.17) is 5.84 Å². The lowest BCUT2D eigenvalue weighted by atomic mass is 9.98. The first-order chi connectivity index (χ1) is 10.0. The SMILES string of the molecule is Cc1cccc(C(C)C)c1NC(=O)c1cnccc1NN. The number of hydrogen-bond acceptors (Lipinski definition) is 4. The Hall–Kier alpha value is -2.40. The number of nitrogen functional groups attached to an aromatic ring is 1. The number of carbonyl (C=O) groups is 1. The maximum Gasteiger partial charge on any atom is 0.259 e. The van der Waals surface area contributed by atoms with Gasteiger partial charge in [-0.1, -0.05) is 32.0 Å². The third-order valence-electron chi connectivity index (χ3n) is 3.39. The number of rotatable bonds is 4. The standard InChI is InChI=1S/C16H20N4O/c1-10(2)12-6-4-5-11(3)15(12)19-16(21)13-9-18-8-7-14(13)20-17/h4-10H,17H2,1-3H3,(H,18,20)(H,19,21). The van der Waals surface area contributed by atoms with Crippen molar-refractivity contribution in [3.8, 4) is 0 Å². The summed E-state index contributed by atoms with van der Waals surface area (Å²) in [7, 11) is 0. The first kappa shape index (κ1) is 15.0. The average molecular weight is 284 g/mol. The zero-order chi connectivity index (χ0) is 15.4. The van der Waals surface area contributed by atoms with Crippen LogP contribution in [0.25, 0.3) is 0 Å². The summed E-state index contributed by atoms with van der Waals surface area (Å²) in [6.07, 6.45) is 3.08. The van der Waals surface area contributed by atoms with E-state index in [0.717, 1.165) is 16.8 Å². The van der Waals surface area contributed by atoms with E-state index in [1.165, 1.54) is 6.20 Å². The molecule has 1 heterocycles. The Labute approximate surface area is 124 Å². The second kappa shape index (κ2) is 6.37. The second-order valence-corrected chi connectivity index (χ2v) is 5.21. The van der Waals surface area contributed by atoms with Crippen LogP contribution in [0, 0.1) is 6.92 Å². The van der Waals surface area contributed by atoms with Crippen LogP contribution in [0.2, 0.25) is 0 Å². The number of nitrogens with zero attached hydrogens (tertiary/aromatic N) is 1. The van der Waals surface area contributed by atoms with Crippen molar-refractivity contribution in [1.29, 1.82) is 0 Å². The van der Waals surface area contributed by atoms with Gasteiger partial charge in [-0.3, -0.25) is 15.6 Å². The summed E-state index contributed by atoms with van der Waals surface area (Å²) in [5.41, 5.74) is 6.46. The third-order valence-corrected chi connectivity index (χ3v) is 3.39. The number of hydrogen-bond donors (Lipinski definition) is 3. The largest absolute Gasteiger partial charge is 0.323 e. The number of pyridine rings is 1. The number of hydrazine groups is 1. The van der Waals surface area contributed by atoms with Gasteiger partial charge < -0.3 is 10.7 Å². The van der Waals surface area contributed by atoms with Crippen LogP contribution in [0.1, 0.15) is 41.3 Å². The fourth-order valence-corrected chi connectivity index (χ4v) is 2.22. The molecule has 0 atom stereocenters. The Morgan fingerprint density at radius 2 is 2.05 bits per heavy atom. The number of aryl methyl sites for hydroxylation is 1. The Morgan fingerprint density at radius 3 is 2.71 bits per heavy atom. The molecule has 0 bridgehead atoms. The molecule has 21 heavy (non-hydrogen) atoms. The maximum atomic E-state index is 12.5. The van der Waals surface area contributed by atoms with Crippen molar-refractivity contribution >= 4 is 17.3 Å². The Balaban J connectivity index is 2.36. The summed E-state index contributed by atoms with van der Waals surface area (Å²) in [5, 5.41) is 2.98. The molecule has 0 spiro atoms. The molecule has 0 radical (unpaired) electrons. The minimum absolute atomic E-state index is 0.229. The van der Waals surface area contributed by atoms with Gasteiger partial charge in [0, 0.05) is 18.1 Å². The highest BCUT2D eigenvalue weighted by Crippen LogP contribution is 2.28. The minimum Gasteiger partial charge on any atom is -0.323 e. The summed E-state index contributed by atoms with van der Waals surface area (Å²) >= 11 is 0. The predicted octanol–water partition coefficient (Wildman–Crippen LogP) is 3.05. The van der Waals surface area contributed by atoms with Gasteiger partial charge in [-0.05, 0) is 30.0 Å². The highest BCUT2D eigenvalue weighted by atomic mass is 16.1. The number of para-hydroxylation sites is 1. The van der Waals surface area contributed by atoms with Crippen LogP contribution < -0.4 is 16.6 Å². The molecule has 5 heteroatoms. The van der Waals surface area contributed by atoms with E-state index in [0.29, 0.717) is 17.2 Å². The van der Waals surface area contributed by atoms with E-state index < -0.39 is 0 Å². The zero-order valence-electron chi connectivity index (χ0n) is 12.5. The second-order valence-electron chi connectivity index (χ2n) is 5.21. The number of aromatic nitrogens is 1. The zero-order valence-corrected chi connectivity index (χ0v) is 12.5. The number of amides is 1. The van der Waals surface area contributed by atoms with Gasteiger partial charge in [0.15, 0.2) is 0 Å². The van der Waals surface area contributed by atoms with Crippen LogP contribution in [0.5, 0.6) is 0 Å². The molecule has 1 amide bonds. The Kier molecular flexibility index (Phi) is 4.55. The third kappa shape index (κ3) is 3.20. The lowest BCUT2D eigenvalue weighted by molar-refractivity contribution is 0.102. The lowest BCUT2D eigenvalue weighted by Crippen LogP contribution is -2.19. The molecule has 2 aromatic rings. The van der Waals surface area contributed by atoms with Crippen molar-refractivity contribution in [2.24, 2.45) is 5.84 Å². The van der Waals surface area contributed by atoms with Crippen molar-refractivity contribution < 1.29 is 4.79 Å². The molecule has 0 aliphatic carbocycles. The number of anilines is 2. The number of nitrogens with one attached hydrogen (secondary N) is 2. The van der Waals surface area contributed by atoms with Crippen LogP contribution in [0.4, 0.5) is 11.4 Å². The molecule has 0 fully saturated rings. The van der Waals surface area contributed by atoms with Gasteiger partial charge in [0.05, 0.1) is 11.3 Å². The van der Waals surface area contributed by atoms with Crippen LogP contribution in [-0.4, -0.2) is 10.9 Å². The molecule has 1 aromatic carbocycles. The maximum absolute atomic E-state index is 12.5. The van der Waals surface area contributed by atoms with Gasteiger partial charge in [-0.15, -0.1) is 0 Å². The molecule has 0 aliphatic heterocycles. The van der Waals surface area contributed by atoms with Gasteiger partial charge in [0.1, 0.15) is 0 Å². The van der Waals surface area contributed by atoms with Crippen molar-refractivity contribution in [3.63, 3.8) is 0 Å². The quantitative estimate of drug-likeness (QED) is 0.595. The van der Waals surface area contributed by atoms with Crippen LogP contribution in [0.15, 0.2) is 36.7 Å². The van der Waals surface area contributed by atoms with Crippen LogP contribution in [0.3, 0.4) is 0 Å². The number of nitrogens with two attached hydrogens (primary N) is 1. The van der Waals surface area contributed by atoms with E-state index in [1.807, 2.05) is 25.1 Å². The normalized spacial score (nSPS) is 10.5. The monoisotopic (exact) mass is 284 g/mol. The molecule has 0 unspecified atom stereocenters. The van der Waals surface area contributed by atoms with Gasteiger partial charge in [0.25, 0.3) is 5.91 Å². The number of carbonyl (C=O) groups excluding carboxylic acids is 1. The van der Waals surface area contributed by atoms with E-state index in [1.54, 1.807) is 12.3 Å². The average Bonchev–Trinajstić information content (AvgIpc) is 2.48. The minimum atomic E-state index is -0.229. The molecular weight excluding hydrogens is 264 g/mol. The van der Waals surface area contributed by atoms with Crippen molar-refractivity contribution in [3.05, 3.63) is 53.3 Å². The van der Waals surface area contributed by atoms with Gasteiger partial charge >= 0.3 is 0 Å². The lowest BCUT2D eigenvalue weighted by Gasteiger charge is -2.17. The van der Waals surface area contributed by atoms with Crippen molar-refractivity contribution in [2.75, 3.05) is 10.7 Å². The van der Waals surface area contributed by atoms with Gasteiger partial charge in [-0.25, -0.2) is 0 Å². The summed E-state index contributed by atoms with van der Waals surface area (Å²) in [4.78, 5) is 16.5. The summed E-state index contributed by atoms with van der Waals surface area (Å²) in [5.74, 6) is 5.52. The molecule has 0 saturated carbocycles. The van der Waals surface area contributed by atoms with E-state index in [9.17, 15) is 4.79 Å². The molecule has 0 saturated heterocycles. The van der Waals surface area contributed by atoms with Crippen LogP contribution in [-0.2, 0) is 0 Å². The summed E-state index contributed by atoms with van der Waals surface area (Å²) in [6.45, 7) is 6.18. The highest BCUT2D eigenvalue weighted by molar-refractivity contribution is 6.08. The van der Waals surface area contributed by atoms with E-state index in [2.05, 4.69) is 29.6 Å². The van der Waals surface area contributed by atoms with Gasteiger partial charge in [0.2, 0.25) is 0 Å². The van der Waals surface area contributed by atoms with Gasteiger partial charge in [-0.2, -0.15) is 0 Å². The molecule has 4 N–H and O–H groups in total. The molecule has 2 rings (SSSR count). The Bertz CT molecular complexity index is 652. The van der Waals surface area contributed by atoms with E-state index in [-0.39, 0.29) is 5.91 Å². The summed E-state index contributed by atoms with van der Waals surface area (Å²) in [6, 6.07) is 7.67. The van der Waals surface area contributed by atoms with Crippen molar-refractivity contribution in [2.45, 2.75) is 26.7 Å². The first-order valence-corrected chi connectivity index (χ1v) is 6.86. The summed E-state index contributed by atoms with van der Waals surface area (Å²) < 4.78 is 0. The predicted molar refractivity (Wildman–Crippen MR) is 85.3 cm³/mol. The molecule has 1 aromatic heterocycles. The first-order valence-electron chi connectivity index (χ1n) is 6.86.